The molecule has 0 bridgehead atoms. The van der Waals surface area contributed by atoms with Gasteiger partial charge in [-0.05, 0) is 48.2 Å². The Morgan fingerprint density at radius 3 is 1.36 bits per heavy atom. The summed E-state index contributed by atoms with van der Waals surface area (Å²) in [6, 6.07) is 58.9. The fourth-order valence-electron chi connectivity index (χ4n) is 8.41. The summed E-state index contributed by atoms with van der Waals surface area (Å²) >= 11 is 0. The molecule has 0 radical (unpaired) electrons. The first-order chi connectivity index (χ1) is 29.1. The average molecular weight is 759 g/mol. The Balaban J connectivity index is 1.22. The molecule has 11 rings (SSSR count). The maximum Gasteiger partial charge on any atom is 0.263 e. The highest BCUT2D eigenvalue weighted by Gasteiger charge is 2.23. The van der Waals surface area contributed by atoms with E-state index in [1.165, 1.54) is 0 Å². The van der Waals surface area contributed by atoms with Gasteiger partial charge in [-0.15, -0.1) is 0 Å². The van der Waals surface area contributed by atoms with Crippen molar-refractivity contribution in [3.05, 3.63) is 192 Å². The van der Waals surface area contributed by atoms with Crippen molar-refractivity contribution >= 4 is 38.0 Å². The summed E-state index contributed by atoms with van der Waals surface area (Å²) in [6.45, 7) is 2.16. The second kappa shape index (κ2) is 13.9. The Kier molecular flexibility index (Phi) is 8.11. The van der Waals surface area contributed by atoms with E-state index in [0.717, 1.165) is 89.3 Å². The standard InChI is InChI=1S/C52H34N6O/c1-2-38-45(32-17-7-3-8-18-32)53-48(33-19-9-4-10-20-33)54-46(38)37-30-42-39-25-15-16-26-40(39)52(59)58-44-28-27-36(29-41(44)43(31-37)47(42)58)51-56-49(34-21-11-5-12-22-34)55-50(57-51)35-23-13-6-14-24-35/h3-31H,2H2,1H3. The van der Waals surface area contributed by atoms with Crippen molar-refractivity contribution in [3.8, 4) is 68.1 Å². The third kappa shape index (κ3) is 5.74. The van der Waals surface area contributed by atoms with Gasteiger partial charge in [-0.25, -0.2) is 24.9 Å². The molecule has 0 amide bonds. The molecule has 0 aliphatic carbocycles. The summed E-state index contributed by atoms with van der Waals surface area (Å²) in [6.07, 6.45) is 0.718. The zero-order valence-electron chi connectivity index (χ0n) is 32.0. The van der Waals surface area contributed by atoms with Crippen LogP contribution in [0.5, 0.6) is 0 Å². The van der Waals surface area contributed by atoms with E-state index in [1.54, 1.807) is 0 Å². The number of hydrogen-bond acceptors (Lipinski definition) is 6. The predicted molar refractivity (Wildman–Crippen MR) is 238 cm³/mol. The van der Waals surface area contributed by atoms with E-state index in [-0.39, 0.29) is 5.56 Å². The number of rotatable bonds is 7. The quantitative estimate of drug-likeness (QED) is 0.150. The fourth-order valence-corrected chi connectivity index (χ4v) is 8.41. The van der Waals surface area contributed by atoms with Gasteiger partial charge in [0.15, 0.2) is 23.3 Å². The molecule has 0 aliphatic heterocycles. The predicted octanol–water partition coefficient (Wildman–Crippen LogP) is 11.7. The van der Waals surface area contributed by atoms with Crippen LogP contribution in [-0.4, -0.2) is 29.3 Å². The van der Waals surface area contributed by atoms with E-state index in [4.69, 9.17) is 24.9 Å². The van der Waals surface area contributed by atoms with Gasteiger partial charge in [0.25, 0.3) is 5.56 Å². The average Bonchev–Trinajstić information content (AvgIpc) is 3.65. The Morgan fingerprint density at radius 2 is 0.814 bits per heavy atom. The first kappa shape index (κ1) is 34.4. The first-order valence-electron chi connectivity index (χ1n) is 19.8. The van der Waals surface area contributed by atoms with Gasteiger partial charge in [-0.3, -0.25) is 9.20 Å². The lowest BCUT2D eigenvalue weighted by molar-refractivity contribution is 1.06. The topological polar surface area (TPSA) is 85.9 Å². The Morgan fingerprint density at radius 1 is 0.390 bits per heavy atom. The molecule has 4 aromatic heterocycles. The highest BCUT2D eigenvalue weighted by atomic mass is 16.1. The van der Waals surface area contributed by atoms with Gasteiger partial charge in [0.1, 0.15) is 0 Å². The van der Waals surface area contributed by atoms with Crippen LogP contribution in [0.15, 0.2) is 181 Å². The van der Waals surface area contributed by atoms with Crippen molar-refractivity contribution in [1.82, 2.24) is 29.3 Å². The molecule has 59 heavy (non-hydrogen) atoms. The second-order valence-electron chi connectivity index (χ2n) is 14.7. The second-order valence-corrected chi connectivity index (χ2v) is 14.7. The summed E-state index contributed by atoms with van der Waals surface area (Å²) in [7, 11) is 0. The number of fused-ring (bicyclic) bond motifs is 5. The van der Waals surface area contributed by atoms with Crippen molar-refractivity contribution in [2.45, 2.75) is 13.3 Å². The number of nitrogens with zero attached hydrogens (tertiary/aromatic N) is 6. The highest BCUT2D eigenvalue weighted by Crippen LogP contribution is 2.41. The van der Waals surface area contributed by atoms with E-state index < -0.39 is 0 Å². The lowest BCUT2D eigenvalue weighted by Gasteiger charge is -2.16. The maximum atomic E-state index is 14.5. The number of hydrogen-bond donors (Lipinski definition) is 0. The van der Waals surface area contributed by atoms with Crippen molar-refractivity contribution in [1.29, 1.82) is 0 Å². The molecule has 0 unspecified atom stereocenters. The van der Waals surface area contributed by atoms with Gasteiger partial charge in [0.2, 0.25) is 0 Å². The molecule has 0 spiro atoms. The molecule has 0 saturated carbocycles. The van der Waals surface area contributed by atoms with Crippen LogP contribution >= 0.6 is 0 Å². The molecular weight excluding hydrogens is 725 g/mol. The van der Waals surface area contributed by atoms with Gasteiger partial charge >= 0.3 is 0 Å². The van der Waals surface area contributed by atoms with Crippen LogP contribution in [-0.2, 0) is 6.42 Å². The number of aromatic nitrogens is 6. The van der Waals surface area contributed by atoms with Crippen LogP contribution < -0.4 is 5.56 Å². The van der Waals surface area contributed by atoms with Crippen molar-refractivity contribution < 1.29 is 0 Å². The molecule has 11 aromatic rings. The maximum absolute atomic E-state index is 14.5. The lowest BCUT2D eigenvalue weighted by atomic mass is 9.94. The van der Waals surface area contributed by atoms with Crippen molar-refractivity contribution in [2.24, 2.45) is 0 Å². The van der Waals surface area contributed by atoms with Crippen LogP contribution in [0.1, 0.15) is 12.5 Å². The Bertz CT molecular complexity index is 3370. The summed E-state index contributed by atoms with van der Waals surface area (Å²) in [5.41, 5.74) is 10.00. The largest absolute Gasteiger partial charge is 0.275 e. The minimum atomic E-state index is -0.0551. The summed E-state index contributed by atoms with van der Waals surface area (Å²) in [5.74, 6) is 2.38. The van der Waals surface area contributed by atoms with Gasteiger partial charge in [0.05, 0.1) is 22.4 Å². The van der Waals surface area contributed by atoms with Crippen LogP contribution in [0.2, 0.25) is 0 Å². The van der Waals surface area contributed by atoms with Crippen molar-refractivity contribution in [3.63, 3.8) is 0 Å². The molecule has 0 aliphatic rings. The summed E-state index contributed by atoms with van der Waals surface area (Å²) < 4.78 is 1.87. The minimum Gasteiger partial charge on any atom is -0.275 e. The zero-order chi connectivity index (χ0) is 39.5. The molecule has 7 heteroatoms. The van der Waals surface area contributed by atoms with Crippen LogP contribution in [0, 0.1) is 0 Å². The normalized spacial score (nSPS) is 11.6. The van der Waals surface area contributed by atoms with E-state index in [9.17, 15) is 4.79 Å². The molecule has 278 valence electrons. The number of benzene rings is 7. The zero-order valence-corrected chi connectivity index (χ0v) is 32.0. The molecule has 0 atom stereocenters. The number of pyridine rings is 1. The summed E-state index contributed by atoms with van der Waals surface area (Å²) in [5, 5.41) is 4.40. The highest BCUT2D eigenvalue weighted by molar-refractivity contribution is 6.22. The molecule has 0 N–H and O–H groups in total. The molecule has 4 heterocycles. The van der Waals surface area contributed by atoms with Gasteiger partial charge in [-0.2, -0.15) is 0 Å². The molecule has 0 saturated heterocycles. The minimum absolute atomic E-state index is 0.0551. The molecule has 0 fully saturated rings. The van der Waals surface area contributed by atoms with E-state index in [1.807, 2.05) is 138 Å². The van der Waals surface area contributed by atoms with Crippen LogP contribution in [0.3, 0.4) is 0 Å². The first-order valence-corrected chi connectivity index (χ1v) is 19.8. The lowest BCUT2D eigenvalue weighted by Crippen LogP contribution is -2.12. The van der Waals surface area contributed by atoms with E-state index in [0.29, 0.717) is 28.7 Å². The van der Waals surface area contributed by atoms with Gasteiger partial charge < -0.3 is 0 Å². The van der Waals surface area contributed by atoms with Crippen LogP contribution in [0.4, 0.5) is 0 Å². The third-order valence-electron chi connectivity index (χ3n) is 11.2. The fraction of sp³-hybridized carbons (Fsp3) is 0.0385. The van der Waals surface area contributed by atoms with Crippen LogP contribution in [0.25, 0.3) is 106 Å². The molecular formula is C52H34N6O. The third-order valence-corrected chi connectivity index (χ3v) is 11.2. The van der Waals surface area contributed by atoms with Gasteiger partial charge in [0, 0.05) is 60.5 Å². The van der Waals surface area contributed by atoms with Crippen molar-refractivity contribution in [2.75, 3.05) is 0 Å². The summed E-state index contributed by atoms with van der Waals surface area (Å²) in [4.78, 5) is 40.1. The molecule has 7 nitrogen and oxygen atoms in total. The SMILES string of the molecule is CCc1c(-c2ccccc2)nc(-c2ccccc2)nc1-c1cc2c3ccccc3c(=O)n3c4ccc(-c5nc(-c6ccccc6)nc(-c6ccccc6)n5)cc4c(c1)c23. The Hall–Kier alpha value is -7.90. The smallest absolute Gasteiger partial charge is 0.263 e. The van der Waals surface area contributed by atoms with Gasteiger partial charge in [-0.1, -0.05) is 146 Å². The van der Waals surface area contributed by atoms with E-state index >= 15 is 0 Å². The Labute approximate surface area is 339 Å². The van der Waals surface area contributed by atoms with E-state index in [2.05, 4.69) is 49.4 Å². The monoisotopic (exact) mass is 758 g/mol. The molecule has 7 aromatic carbocycles.